The maximum absolute atomic E-state index is 14.0. The topological polar surface area (TPSA) is 140 Å². The van der Waals surface area contributed by atoms with Crippen molar-refractivity contribution < 1.29 is 28.7 Å². The van der Waals surface area contributed by atoms with Crippen LogP contribution in [0.25, 0.3) is 0 Å². The first-order valence-corrected chi connectivity index (χ1v) is 12.7. The Balaban J connectivity index is 1.50. The highest BCUT2D eigenvalue weighted by Crippen LogP contribution is 2.54. The lowest BCUT2D eigenvalue weighted by Gasteiger charge is -2.30. The number of imide groups is 1. The Hall–Kier alpha value is -3.92. The Morgan fingerprint density at radius 3 is 2.47 bits per heavy atom. The smallest absolute Gasteiger partial charge is 0.250 e. The van der Waals surface area contributed by atoms with E-state index in [0.717, 1.165) is 16.7 Å². The van der Waals surface area contributed by atoms with Gasteiger partial charge in [-0.15, -0.1) is 0 Å². The van der Waals surface area contributed by atoms with Crippen LogP contribution in [0.1, 0.15) is 35.1 Å². The molecular weight excluding hydrogens is 488 g/mol. The van der Waals surface area contributed by atoms with Crippen LogP contribution >= 0.6 is 0 Å². The molecule has 0 saturated carbocycles. The van der Waals surface area contributed by atoms with E-state index in [1.807, 2.05) is 38.1 Å². The summed E-state index contributed by atoms with van der Waals surface area (Å²) in [5.41, 5.74) is 8.03. The minimum atomic E-state index is -1.40. The van der Waals surface area contributed by atoms with E-state index in [1.54, 1.807) is 20.3 Å². The maximum atomic E-state index is 14.0. The number of hydrogen-bond acceptors (Lipinski definition) is 7. The van der Waals surface area contributed by atoms with Gasteiger partial charge in [-0.05, 0) is 49.9 Å². The molecule has 1 spiro atoms. The summed E-state index contributed by atoms with van der Waals surface area (Å²) in [6, 6.07) is 8.75. The molecule has 0 unspecified atom stereocenters. The first kappa shape index (κ1) is 25.7. The van der Waals surface area contributed by atoms with E-state index >= 15 is 0 Å². The minimum Gasteiger partial charge on any atom is -0.493 e. The molecular formula is C28H32N4O6. The maximum Gasteiger partial charge on any atom is 0.250 e. The van der Waals surface area contributed by atoms with Crippen molar-refractivity contribution in [3.05, 3.63) is 52.6 Å². The molecule has 3 aliphatic heterocycles. The molecule has 5 rings (SSSR count). The fourth-order valence-corrected chi connectivity index (χ4v) is 6.36. The quantitative estimate of drug-likeness (QED) is 0.449. The molecule has 0 bridgehead atoms. The van der Waals surface area contributed by atoms with E-state index in [0.29, 0.717) is 29.2 Å². The Morgan fingerprint density at radius 2 is 1.79 bits per heavy atom. The van der Waals surface area contributed by atoms with Gasteiger partial charge >= 0.3 is 0 Å². The van der Waals surface area contributed by atoms with E-state index in [2.05, 4.69) is 10.6 Å². The second kappa shape index (κ2) is 9.43. The molecule has 2 aromatic rings. The largest absolute Gasteiger partial charge is 0.493 e. The van der Waals surface area contributed by atoms with Crippen molar-refractivity contribution in [2.24, 2.45) is 17.6 Å². The molecule has 38 heavy (non-hydrogen) atoms. The number of aryl methyl sites for hydroxylation is 2. The van der Waals surface area contributed by atoms with Gasteiger partial charge in [0.15, 0.2) is 11.5 Å². The molecule has 0 radical (unpaired) electrons. The van der Waals surface area contributed by atoms with Crippen LogP contribution < -0.4 is 25.8 Å². The lowest BCUT2D eigenvalue weighted by molar-refractivity contribution is -0.142. The summed E-state index contributed by atoms with van der Waals surface area (Å²) < 4.78 is 10.7. The third kappa shape index (κ3) is 3.82. The van der Waals surface area contributed by atoms with Gasteiger partial charge in [-0.25, -0.2) is 0 Å². The highest BCUT2D eigenvalue weighted by molar-refractivity contribution is 6.15. The number of methoxy groups -OCH3 is 2. The van der Waals surface area contributed by atoms with Gasteiger partial charge in [0.05, 0.1) is 26.1 Å². The van der Waals surface area contributed by atoms with Crippen LogP contribution in [0.3, 0.4) is 0 Å². The number of anilines is 1. The highest BCUT2D eigenvalue weighted by Gasteiger charge is 2.70. The summed E-state index contributed by atoms with van der Waals surface area (Å²) in [6.45, 7) is 3.98. The zero-order valence-corrected chi connectivity index (χ0v) is 21.9. The number of hydrogen-bond donors (Lipinski definition) is 3. The van der Waals surface area contributed by atoms with Crippen LogP contribution in [0.4, 0.5) is 5.69 Å². The Morgan fingerprint density at radius 1 is 1.05 bits per heavy atom. The van der Waals surface area contributed by atoms with E-state index in [-0.39, 0.29) is 31.2 Å². The van der Waals surface area contributed by atoms with Crippen molar-refractivity contribution in [1.29, 1.82) is 0 Å². The van der Waals surface area contributed by atoms with Gasteiger partial charge in [-0.2, -0.15) is 0 Å². The van der Waals surface area contributed by atoms with Gasteiger partial charge in [0.1, 0.15) is 5.54 Å². The molecule has 0 aromatic heterocycles. The van der Waals surface area contributed by atoms with Crippen molar-refractivity contribution in [1.82, 2.24) is 10.2 Å². The molecule has 200 valence electrons. The number of benzene rings is 2. The predicted molar refractivity (Wildman–Crippen MR) is 139 cm³/mol. The molecule has 0 aliphatic carbocycles. The summed E-state index contributed by atoms with van der Waals surface area (Å²) in [5.74, 6) is -2.18. The van der Waals surface area contributed by atoms with Crippen molar-refractivity contribution in [2.75, 3.05) is 26.1 Å². The number of amides is 4. The molecule has 2 aromatic carbocycles. The Kier molecular flexibility index (Phi) is 6.38. The number of likely N-dealkylation sites (tertiary alicyclic amines) is 1. The van der Waals surface area contributed by atoms with E-state index < -0.39 is 35.2 Å². The molecule has 10 heteroatoms. The molecule has 3 aliphatic rings. The fourth-order valence-electron chi connectivity index (χ4n) is 6.36. The number of carbonyl (C=O) groups is 4. The molecule has 2 fully saturated rings. The van der Waals surface area contributed by atoms with Crippen molar-refractivity contribution in [3.63, 3.8) is 0 Å². The Labute approximate surface area is 220 Å². The fraction of sp³-hybridized carbons (Fsp3) is 0.429. The third-order valence-corrected chi connectivity index (χ3v) is 8.03. The number of ether oxygens (including phenoxy) is 2. The van der Waals surface area contributed by atoms with Crippen LogP contribution in [0.5, 0.6) is 11.5 Å². The number of primary amides is 1. The minimum absolute atomic E-state index is 0.0331. The molecule has 4 N–H and O–H groups in total. The van der Waals surface area contributed by atoms with Gasteiger partial charge in [0.25, 0.3) is 0 Å². The van der Waals surface area contributed by atoms with Crippen molar-refractivity contribution in [2.45, 2.75) is 44.7 Å². The third-order valence-electron chi connectivity index (χ3n) is 8.03. The van der Waals surface area contributed by atoms with Crippen LogP contribution in [-0.4, -0.2) is 55.3 Å². The van der Waals surface area contributed by atoms with E-state index in [4.69, 9.17) is 15.2 Å². The van der Waals surface area contributed by atoms with E-state index in [1.165, 1.54) is 4.90 Å². The summed E-state index contributed by atoms with van der Waals surface area (Å²) in [4.78, 5) is 54.2. The van der Waals surface area contributed by atoms with Gasteiger partial charge in [0.2, 0.25) is 23.6 Å². The lowest BCUT2D eigenvalue weighted by atomic mass is 9.75. The zero-order valence-electron chi connectivity index (χ0n) is 21.9. The SMILES string of the molecule is COc1ccc(CCN2C(=O)[C@@H]3[C@@H](CCC(N)=O)N[C@]4(C(=O)Nc5c(C)cc(C)cc54)[C@H]3C2=O)cc1OC. The van der Waals surface area contributed by atoms with Crippen molar-refractivity contribution in [3.8, 4) is 11.5 Å². The number of rotatable bonds is 8. The predicted octanol–water partition coefficient (Wildman–Crippen LogP) is 1.55. The number of nitrogens with two attached hydrogens (primary N) is 1. The number of fused-ring (bicyclic) bond motifs is 4. The number of nitrogens with one attached hydrogen (secondary N) is 2. The average molecular weight is 521 g/mol. The van der Waals surface area contributed by atoms with Crippen LogP contribution in [0.15, 0.2) is 30.3 Å². The number of nitrogens with zero attached hydrogens (tertiary/aromatic N) is 1. The molecule has 10 nitrogen and oxygen atoms in total. The second-order valence-corrected chi connectivity index (χ2v) is 10.3. The molecule has 4 amide bonds. The number of carbonyl (C=O) groups excluding carboxylic acids is 4. The van der Waals surface area contributed by atoms with E-state index in [9.17, 15) is 19.2 Å². The van der Waals surface area contributed by atoms with Crippen molar-refractivity contribution >= 4 is 29.3 Å². The first-order chi connectivity index (χ1) is 18.1. The highest BCUT2D eigenvalue weighted by atomic mass is 16.5. The van der Waals surface area contributed by atoms with Crippen LogP contribution in [-0.2, 0) is 31.1 Å². The van der Waals surface area contributed by atoms with Crippen LogP contribution in [0, 0.1) is 25.7 Å². The summed E-state index contributed by atoms with van der Waals surface area (Å²) in [7, 11) is 3.10. The summed E-state index contributed by atoms with van der Waals surface area (Å²) in [5, 5.41) is 6.30. The second-order valence-electron chi connectivity index (χ2n) is 10.3. The standard InChI is InChI=1S/C28H32N4O6/c1-14-11-15(2)24-17(12-14)28(27(36)30-24)23-22(18(31-28)6-8-21(29)33)25(34)32(26(23)35)10-9-16-5-7-19(37-3)20(13-16)38-4/h5,7,11-13,18,22-23,31H,6,8-10H2,1-4H3,(H2,29,33)(H,30,36)/t18-,22-,23-,28+/m1/s1. The summed E-state index contributed by atoms with van der Waals surface area (Å²) in [6.07, 6.45) is 0.685. The monoisotopic (exact) mass is 520 g/mol. The van der Waals surface area contributed by atoms with Gasteiger partial charge in [-0.3, -0.25) is 29.4 Å². The molecule has 2 saturated heterocycles. The normalized spacial score (nSPS) is 25.5. The lowest BCUT2D eigenvalue weighted by Crippen LogP contribution is -2.53. The molecule has 4 atom stereocenters. The summed E-state index contributed by atoms with van der Waals surface area (Å²) >= 11 is 0. The van der Waals surface area contributed by atoms with Gasteiger partial charge in [0, 0.05) is 30.3 Å². The zero-order chi connectivity index (χ0) is 27.4. The van der Waals surface area contributed by atoms with Gasteiger partial charge < -0.3 is 20.5 Å². The van der Waals surface area contributed by atoms with Gasteiger partial charge in [-0.1, -0.05) is 23.8 Å². The average Bonchev–Trinajstić information content (AvgIpc) is 3.46. The van der Waals surface area contributed by atoms with Crippen LogP contribution in [0.2, 0.25) is 0 Å². The molecule has 3 heterocycles. The first-order valence-electron chi connectivity index (χ1n) is 12.7. The Bertz CT molecular complexity index is 1360.